The summed E-state index contributed by atoms with van der Waals surface area (Å²) in [6, 6.07) is 89.7. The van der Waals surface area contributed by atoms with Gasteiger partial charge in [-0.3, -0.25) is 0 Å². The van der Waals surface area contributed by atoms with Crippen molar-refractivity contribution in [3.63, 3.8) is 0 Å². The minimum Gasteiger partial charge on any atom is -0.310 e. The Balaban J connectivity index is 0.835. The van der Waals surface area contributed by atoms with Gasteiger partial charge < -0.3 is 4.90 Å². The highest BCUT2D eigenvalue weighted by Crippen LogP contribution is 2.42. The van der Waals surface area contributed by atoms with Crippen molar-refractivity contribution in [3.8, 4) is 11.1 Å². The fourth-order valence-corrected chi connectivity index (χ4v) is 10.5. The van der Waals surface area contributed by atoms with Crippen LogP contribution in [0, 0.1) is 0 Å². The third-order valence-electron chi connectivity index (χ3n) is 13.8. The number of para-hydroxylation sites is 1. The first-order valence-electron chi connectivity index (χ1n) is 23.0. The second kappa shape index (κ2) is 16.6. The fourth-order valence-electron chi connectivity index (χ4n) is 10.5. The van der Waals surface area contributed by atoms with Gasteiger partial charge in [0.15, 0.2) is 0 Å². The number of nitrogens with zero attached hydrogens (tertiary/aromatic N) is 1. The summed E-state index contributed by atoms with van der Waals surface area (Å²) in [5, 5.41) is 15.6. The van der Waals surface area contributed by atoms with Crippen molar-refractivity contribution >= 4 is 81.7 Å². The molecular formula is C64H47N. The van der Waals surface area contributed by atoms with E-state index in [1.807, 2.05) is 0 Å². The van der Waals surface area contributed by atoms with Gasteiger partial charge in [-0.1, -0.05) is 206 Å². The molecular weight excluding hydrogens is 783 g/mol. The zero-order valence-electron chi connectivity index (χ0n) is 36.2. The summed E-state index contributed by atoms with van der Waals surface area (Å²) in [5.74, 6) is 0.382. The Bertz CT molecular complexity index is 3600. The monoisotopic (exact) mass is 829 g/mol. The second-order valence-electron chi connectivity index (χ2n) is 17.6. The molecule has 1 unspecified atom stereocenters. The summed E-state index contributed by atoms with van der Waals surface area (Å²) in [4.78, 5) is 2.38. The lowest BCUT2D eigenvalue weighted by Gasteiger charge is -2.26. The highest BCUT2D eigenvalue weighted by molar-refractivity contribution is 6.26. The van der Waals surface area contributed by atoms with Crippen molar-refractivity contribution in [3.05, 3.63) is 259 Å². The lowest BCUT2D eigenvalue weighted by molar-refractivity contribution is 0.622. The van der Waals surface area contributed by atoms with E-state index in [-0.39, 0.29) is 0 Å². The van der Waals surface area contributed by atoms with Crippen LogP contribution in [0.15, 0.2) is 243 Å². The molecule has 0 radical (unpaired) electrons. The van der Waals surface area contributed by atoms with Gasteiger partial charge in [0.05, 0.1) is 0 Å². The minimum atomic E-state index is 0.382. The second-order valence-corrected chi connectivity index (χ2v) is 17.6. The van der Waals surface area contributed by atoms with Gasteiger partial charge >= 0.3 is 0 Å². The Morgan fingerprint density at radius 3 is 1.18 bits per heavy atom. The van der Waals surface area contributed by atoms with E-state index in [1.54, 1.807) is 0 Å². The predicted octanol–water partition coefficient (Wildman–Crippen LogP) is 17.7. The van der Waals surface area contributed by atoms with Crippen molar-refractivity contribution in [1.82, 2.24) is 0 Å². The molecule has 12 rings (SSSR count). The summed E-state index contributed by atoms with van der Waals surface area (Å²) in [6.07, 6.45) is 3.08. The summed E-state index contributed by atoms with van der Waals surface area (Å²) in [5.41, 5.74) is 9.99. The van der Waals surface area contributed by atoms with Gasteiger partial charge in [0.25, 0.3) is 0 Å². The lowest BCUT2D eigenvalue weighted by atomic mass is 9.84. The van der Waals surface area contributed by atoms with Crippen LogP contribution >= 0.6 is 0 Å². The number of hydrogen-bond donors (Lipinski definition) is 0. The molecule has 1 heteroatoms. The first-order chi connectivity index (χ1) is 32.2. The lowest BCUT2D eigenvalue weighted by Crippen LogP contribution is -2.09. The molecule has 308 valence electrons. The Labute approximate surface area is 380 Å². The van der Waals surface area contributed by atoms with Crippen molar-refractivity contribution in [1.29, 1.82) is 0 Å². The maximum Gasteiger partial charge on any atom is 0.0468 e. The molecule has 0 aromatic heterocycles. The van der Waals surface area contributed by atoms with Crippen LogP contribution < -0.4 is 4.90 Å². The quantitative estimate of drug-likeness (QED) is 0.124. The minimum absolute atomic E-state index is 0.382. The van der Waals surface area contributed by atoms with Crippen LogP contribution in [-0.4, -0.2) is 0 Å². The topological polar surface area (TPSA) is 3.24 Å². The van der Waals surface area contributed by atoms with Crippen molar-refractivity contribution in [2.24, 2.45) is 0 Å². The molecule has 65 heavy (non-hydrogen) atoms. The van der Waals surface area contributed by atoms with Gasteiger partial charge in [-0.15, -0.1) is 0 Å². The Hall–Kier alpha value is -8.00. The van der Waals surface area contributed by atoms with Crippen LogP contribution in [0.3, 0.4) is 0 Å². The summed E-state index contributed by atoms with van der Waals surface area (Å²) in [6.45, 7) is 0. The van der Waals surface area contributed by atoms with E-state index in [0.29, 0.717) is 5.92 Å². The number of rotatable bonds is 10. The molecule has 0 spiro atoms. The Morgan fingerprint density at radius 2 is 0.662 bits per heavy atom. The first kappa shape index (κ1) is 38.7. The zero-order valence-corrected chi connectivity index (χ0v) is 36.2. The van der Waals surface area contributed by atoms with Gasteiger partial charge in [0, 0.05) is 17.1 Å². The number of hydrogen-bond acceptors (Lipinski definition) is 1. The smallest absolute Gasteiger partial charge is 0.0468 e. The Kier molecular flexibility index (Phi) is 9.88. The van der Waals surface area contributed by atoms with E-state index in [2.05, 4.69) is 248 Å². The van der Waals surface area contributed by atoms with E-state index in [0.717, 1.165) is 36.3 Å². The van der Waals surface area contributed by atoms with Gasteiger partial charge in [-0.25, -0.2) is 0 Å². The van der Waals surface area contributed by atoms with Gasteiger partial charge in [0.1, 0.15) is 0 Å². The molecule has 0 saturated carbocycles. The largest absolute Gasteiger partial charge is 0.310 e. The predicted molar refractivity (Wildman–Crippen MR) is 279 cm³/mol. The fraction of sp³-hybridized carbons (Fsp3) is 0.0625. The van der Waals surface area contributed by atoms with E-state index in [4.69, 9.17) is 0 Å². The molecule has 0 heterocycles. The maximum absolute atomic E-state index is 2.49. The molecule has 0 bridgehead atoms. The average molecular weight is 830 g/mol. The highest BCUT2D eigenvalue weighted by Gasteiger charge is 2.18. The molecule has 12 aromatic rings. The number of anilines is 3. The normalized spacial score (nSPS) is 12.1. The van der Waals surface area contributed by atoms with Crippen molar-refractivity contribution in [2.75, 3.05) is 4.90 Å². The average Bonchev–Trinajstić information content (AvgIpc) is 3.39. The van der Waals surface area contributed by atoms with Crippen LogP contribution in [0.5, 0.6) is 0 Å². The van der Waals surface area contributed by atoms with Crippen LogP contribution in [0.4, 0.5) is 17.1 Å². The third kappa shape index (κ3) is 7.16. The summed E-state index contributed by atoms with van der Waals surface area (Å²) in [7, 11) is 0. The zero-order chi connectivity index (χ0) is 43.1. The van der Waals surface area contributed by atoms with E-state index in [9.17, 15) is 0 Å². The molecule has 1 nitrogen and oxygen atoms in total. The Morgan fingerprint density at radius 1 is 0.277 bits per heavy atom. The number of fused-ring (bicyclic) bond motifs is 12. The number of benzene rings is 12. The first-order valence-corrected chi connectivity index (χ1v) is 23.0. The molecule has 1 atom stereocenters. The molecule has 0 saturated heterocycles. The van der Waals surface area contributed by atoms with Gasteiger partial charge in [-0.2, -0.15) is 0 Å². The highest BCUT2D eigenvalue weighted by atomic mass is 15.1. The van der Waals surface area contributed by atoms with Crippen LogP contribution in [0.1, 0.15) is 29.0 Å². The molecule has 0 aliphatic heterocycles. The van der Waals surface area contributed by atoms with Gasteiger partial charge in [-0.05, 0) is 154 Å². The van der Waals surface area contributed by atoms with Crippen molar-refractivity contribution < 1.29 is 0 Å². The summed E-state index contributed by atoms with van der Waals surface area (Å²) < 4.78 is 0. The SMILES string of the molecule is c1ccc(CC(CCc2ccc(-c3ccc(N(c4ccccc4)c4ccc5c6ccccc6c6ccccc6c5c4)cc3)cc2)c2ccc3c4ccccc4c4ccccc4c3c2)cc1. The molecule has 0 amide bonds. The molecule has 0 fully saturated rings. The molecule has 12 aromatic carbocycles. The number of aryl methyl sites for hydroxylation is 1. The van der Waals surface area contributed by atoms with E-state index < -0.39 is 0 Å². The van der Waals surface area contributed by atoms with Crippen LogP contribution in [0.25, 0.3) is 75.8 Å². The molecule has 0 N–H and O–H groups in total. The van der Waals surface area contributed by atoms with E-state index >= 15 is 0 Å². The van der Waals surface area contributed by atoms with Gasteiger partial charge in [0.2, 0.25) is 0 Å². The van der Waals surface area contributed by atoms with Crippen LogP contribution in [-0.2, 0) is 12.8 Å². The summed E-state index contributed by atoms with van der Waals surface area (Å²) >= 11 is 0. The standard InChI is InChI=1S/C64H47N/c1-3-15-45(16-4-1)41-48(49-35-39-61-57-23-9-7-19-53(57)55-21-11-13-25-59(55)63(61)42-49)32-29-44-27-30-46(31-28-44)47-33-36-51(37-34-47)65(50-17-5-2-6-18-50)52-38-40-62-58-24-10-8-20-54(58)56-22-12-14-26-60(56)64(62)43-52/h1-28,30-31,33-40,42-43,48H,29,32,41H2. The van der Waals surface area contributed by atoms with E-state index in [1.165, 1.54) is 92.5 Å². The molecule has 0 aliphatic rings. The maximum atomic E-state index is 2.49. The third-order valence-corrected chi connectivity index (χ3v) is 13.8. The van der Waals surface area contributed by atoms with Crippen molar-refractivity contribution in [2.45, 2.75) is 25.2 Å². The molecule has 0 aliphatic carbocycles. The van der Waals surface area contributed by atoms with Crippen LogP contribution in [0.2, 0.25) is 0 Å².